The van der Waals surface area contributed by atoms with Gasteiger partial charge in [-0.15, -0.1) is 35.3 Å². The van der Waals surface area contributed by atoms with Gasteiger partial charge in [0.25, 0.3) is 0 Å². The van der Waals surface area contributed by atoms with Crippen LogP contribution in [0.15, 0.2) is 75.7 Å². The number of hydrogen-bond donors (Lipinski definition) is 2. The number of aromatic nitrogens is 2. The van der Waals surface area contributed by atoms with Crippen LogP contribution < -0.4 is 10.6 Å². The van der Waals surface area contributed by atoms with E-state index in [9.17, 15) is 0 Å². The normalized spacial score (nSPS) is 11.1. The summed E-state index contributed by atoms with van der Waals surface area (Å²) >= 11 is 1.63. The van der Waals surface area contributed by atoms with Crippen molar-refractivity contribution in [2.24, 2.45) is 4.99 Å². The third kappa shape index (κ3) is 6.14. The molecule has 0 spiro atoms. The number of nitrogens with one attached hydrogen (secondary N) is 2. The van der Waals surface area contributed by atoms with Gasteiger partial charge in [-0.25, -0.2) is 9.97 Å². The molecule has 2 N–H and O–H groups in total. The van der Waals surface area contributed by atoms with Crippen LogP contribution in [0.3, 0.4) is 0 Å². The Bertz CT molecular complexity index is 1120. The second kappa shape index (κ2) is 11.1. The first-order valence-corrected chi connectivity index (χ1v) is 10.5. The molecular formula is C23H24IN5OS. The van der Waals surface area contributed by atoms with Crippen molar-refractivity contribution < 1.29 is 4.42 Å². The van der Waals surface area contributed by atoms with Gasteiger partial charge < -0.3 is 15.1 Å². The molecule has 31 heavy (non-hydrogen) atoms. The average molecular weight is 545 g/mol. The zero-order chi connectivity index (χ0) is 20.8. The third-order valence-corrected chi connectivity index (χ3v) is 5.39. The number of rotatable bonds is 6. The van der Waals surface area contributed by atoms with Crippen molar-refractivity contribution in [3.8, 4) is 22.7 Å². The van der Waals surface area contributed by atoms with Gasteiger partial charge in [0.15, 0.2) is 5.96 Å². The molecule has 0 atom stereocenters. The van der Waals surface area contributed by atoms with Crippen molar-refractivity contribution in [1.29, 1.82) is 0 Å². The van der Waals surface area contributed by atoms with Crippen LogP contribution in [0.1, 0.15) is 16.3 Å². The van der Waals surface area contributed by atoms with Crippen molar-refractivity contribution in [3.05, 3.63) is 82.5 Å². The minimum Gasteiger partial charge on any atom is -0.444 e. The second-order valence-corrected chi connectivity index (χ2v) is 7.72. The maximum atomic E-state index is 5.61. The van der Waals surface area contributed by atoms with Crippen molar-refractivity contribution in [3.63, 3.8) is 0 Å². The van der Waals surface area contributed by atoms with Gasteiger partial charge in [0.2, 0.25) is 5.89 Å². The lowest BCUT2D eigenvalue weighted by molar-refractivity contribution is 0.572. The molecule has 0 aliphatic carbocycles. The molecule has 160 valence electrons. The van der Waals surface area contributed by atoms with Gasteiger partial charge in [-0.3, -0.25) is 4.99 Å². The Balaban J connectivity index is 0.00000272. The number of nitrogens with zero attached hydrogens (tertiary/aromatic N) is 3. The van der Waals surface area contributed by atoms with Gasteiger partial charge in [-0.1, -0.05) is 48.0 Å². The molecule has 8 heteroatoms. The summed E-state index contributed by atoms with van der Waals surface area (Å²) in [5.74, 6) is 1.30. The Hall–Kier alpha value is -2.72. The van der Waals surface area contributed by atoms with E-state index < -0.39 is 0 Å². The molecule has 4 aromatic rings. The van der Waals surface area contributed by atoms with E-state index in [2.05, 4.69) is 45.0 Å². The predicted molar refractivity (Wildman–Crippen MR) is 137 cm³/mol. The maximum Gasteiger partial charge on any atom is 0.226 e. The van der Waals surface area contributed by atoms with Crippen molar-refractivity contribution >= 4 is 41.3 Å². The molecule has 0 amide bonds. The highest BCUT2D eigenvalue weighted by atomic mass is 127. The maximum absolute atomic E-state index is 5.61. The lowest BCUT2D eigenvalue weighted by atomic mass is 10.1. The van der Waals surface area contributed by atoms with Crippen LogP contribution in [-0.2, 0) is 13.1 Å². The molecule has 2 aromatic heterocycles. The quantitative estimate of drug-likeness (QED) is 0.197. The summed E-state index contributed by atoms with van der Waals surface area (Å²) in [7, 11) is 1.74. The number of halogens is 1. The topological polar surface area (TPSA) is 75.3 Å². The lowest BCUT2D eigenvalue weighted by Gasteiger charge is -2.09. The summed E-state index contributed by atoms with van der Waals surface area (Å²) < 4.78 is 5.61. The van der Waals surface area contributed by atoms with Crippen LogP contribution in [0.2, 0.25) is 0 Å². The average Bonchev–Trinajstić information content (AvgIpc) is 3.45. The first-order valence-electron chi connectivity index (χ1n) is 9.67. The molecule has 0 saturated heterocycles. The Labute approximate surface area is 202 Å². The van der Waals surface area contributed by atoms with E-state index in [0.717, 1.165) is 27.5 Å². The SMILES string of the molecule is CN=C(NCc1coc(-c2ccc(C)cc2)n1)NCc1nc(-c2ccccc2)cs1.I. The van der Waals surface area contributed by atoms with Gasteiger partial charge >= 0.3 is 0 Å². The summed E-state index contributed by atoms with van der Waals surface area (Å²) in [5, 5.41) is 9.63. The Morgan fingerprint density at radius 2 is 1.71 bits per heavy atom. The van der Waals surface area contributed by atoms with E-state index in [1.165, 1.54) is 5.56 Å². The lowest BCUT2D eigenvalue weighted by Crippen LogP contribution is -2.36. The molecule has 0 unspecified atom stereocenters. The Morgan fingerprint density at radius 1 is 0.968 bits per heavy atom. The molecule has 0 fully saturated rings. The van der Waals surface area contributed by atoms with Crippen LogP contribution in [0.25, 0.3) is 22.7 Å². The fourth-order valence-corrected chi connectivity index (χ4v) is 3.65. The molecular weight excluding hydrogens is 521 g/mol. The Kier molecular flexibility index (Phi) is 8.19. The highest BCUT2D eigenvalue weighted by Gasteiger charge is 2.08. The van der Waals surface area contributed by atoms with Crippen molar-refractivity contribution in [2.45, 2.75) is 20.0 Å². The fourth-order valence-electron chi connectivity index (χ4n) is 2.90. The Morgan fingerprint density at radius 3 is 2.45 bits per heavy atom. The minimum atomic E-state index is 0. The molecule has 0 saturated carbocycles. The first kappa shape index (κ1) is 23.0. The summed E-state index contributed by atoms with van der Waals surface area (Å²) in [6.45, 7) is 3.17. The van der Waals surface area contributed by atoms with Crippen LogP contribution in [0.5, 0.6) is 0 Å². The highest BCUT2D eigenvalue weighted by Crippen LogP contribution is 2.21. The number of benzene rings is 2. The summed E-state index contributed by atoms with van der Waals surface area (Å²) in [5.41, 5.74) is 5.10. The van der Waals surface area contributed by atoms with Gasteiger partial charge in [0, 0.05) is 23.6 Å². The zero-order valence-electron chi connectivity index (χ0n) is 17.3. The van der Waals surface area contributed by atoms with Crippen LogP contribution in [0, 0.1) is 6.92 Å². The molecule has 4 rings (SSSR count). The van der Waals surface area contributed by atoms with Crippen molar-refractivity contribution in [2.75, 3.05) is 7.05 Å². The third-order valence-electron chi connectivity index (χ3n) is 4.54. The van der Waals surface area contributed by atoms with E-state index in [0.29, 0.717) is 24.9 Å². The van der Waals surface area contributed by atoms with Gasteiger partial charge in [0.1, 0.15) is 11.3 Å². The van der Waals surface area contributed by atoms with Crippen LogP contribution >= 0.6 is 35.3 Å². The number of aliphatic imine (C=N–C) groups is 1. The largest absolute Gasteiger partial charge is 0.444 e. The number of guanidine groups is 1. The second-order valence-electron chi connectivity index (χ2n) is 6.78. The number of oxazole rings is 1. The molecule has 2 aromatic carbocycles. The number of aryl methyl sites for hydroxylation is 1. The monoisotopic (exact) mass is 545 g/mol. The number of thiazole rings is 1. The number of hydrogen-bond acceptors (Lipinski definition) is 5. The smallest absolute Gasteiger partial charge is 0.226 e. The van der Waals surface area contributed by atoms with Crippen LogP contribution in [0.4, 0.5) is 0 Å². The van der Waals surface area contributed by atoms with Gasteiger partial charge in [-0.2, -0.15) is 0 Å². The summed E-state index contributed by atoms with van der Waals surface area (Å²) in [6, 6.07) is 18.3. The first-order chi connectivity index (χ1) is 14.7. The van der Waals surface area contributed by atoms with E-state index in [1.54, 1.807) is 24.6 Å². The summed E-state index contributed by atoms with van der Waals surface area (Å²) in [6.07, 6.45) is 1.67. The molecule has 0 bridgehead atoms. The van der Waals surface area contributed by atoms with Gasteiger partial charge in [-0.05, 0) is 19.1 Å². The molecule has 6 nitrogen and oxygen atoms in total. The molecule has 0 aliphatic heterocycles. The minimum absolute atomic E-state index is 0. The summed E-state index contributed by atoms with van der Waals surface area (Å²) in [4.78, 5) is 13.5. The fraction of sp³-hybridized carbons (Fsp3) is 0.174. The van der Waals surface area contributed by atoms with E-state index in [-0.39, 0.29) is 24.0 Å². The van der Waals surface area contributed by atoms with E-state index in [4.69, 9.17) is 9.40 Å². The van der Waals surface area contributed by atoms with Gasteiger partial charge in [0.05, 0.1) is 24.5 Å². The molecule has 2 heterocycles. The zero-order valence-corrected chi connectivity index (χ0v) is 20.5. The van der Waals surface area contributed by atoms with E-state index in [1.807, 2.05) is 42.5 Å². The van der Waals surface area contributed by atoms with Crippen molar-refractivity contribution in [1.82, 2.24) is 20.6 Å². The molecule has 0 aliphatic rings. The predicted octanol–water partition coefficient (Wildman–Crippen LogP) is 5.26. The van der Waals surface area contributed by atoms with E-state index >= 15 is 0 Å². The standard InChI is InChI=1S/C23H23N5OS.HI/c1-16-8-10-18(11-9-16)22-27-19(14-29-22)12-25-23(24-2)26-13-21-28-20(15-30-21)17-6-4-3-5-7-17;/h3-11,14-15H,12-13H2,1-2H3,(H2,24,25,26);1H. The molecule has 0 radical (unpaired) electrons. The highest BCUT2D eigenvalue weighted by molar-refractivity contribution is 14.0. The van der Waals surface area contributed by atoms with Crippen LogP contribution in [-0.4, -0.2) is 23.0 Å².